The second-order valence-corrected chi connectivity index (χ2v) is 7.26. The molecule has 0 aliphatic carbocycles. The minimum absolute atomic E-state index is 0.0196. The molecule has 2 heterocycles. The molecule has 1 aromatic rings. The molecular formula is C12H18N2O4S. The Labute approximate surface area is 112 Å². The summed E-state index contributed by atoms with van der Waals surface area (Å²) in [7, 11) is -3.60. The number of nitrogens with zero attached hydrogens (tertiary/aromatic N) is 1. The predicted octanol–water partition coefficient (Wildman–Crippen LogP) is 1.38. The molecule has 0 aromatic carbocycles. The summed E-state index contributed by atoms with van der Waals surface area (Å²) in [5.41, 5.74) is -0.114. The quantitative estimate of drug-likeness (QED) is 0.878. The molecule has 2 atom stereocenters. The second-order valence-electron chi connectivity index (χ2n) is 5.32. The van der Waals surface area contributed by atoms with Gasteiger partial charge in [0.25, 0.3) is 0 Å². The van der Waals surface area contributed by atoms with Crippen molar-refractivity contribution in [3.63, 3.8) is 0 Å². The summed E-state index contributed by atoms with van der Waals surface area (Å²) >= 11 is 0. The monoisotopic (exact) mass is 286 g/mol. The SMILES string of the molecule is CC1CC(C)CN(S(=O)(=O)c2c[nH]c(C(=O)O)c2)C1. The van der Waals surface area contributed by atoms with Crippen molar-refractivity contribution in [3.8, 4) is 0 Å². The number of rotatable bonds is 3. The topological polar surface area (TPSA) is 90.5 Å². The molecule has 0 saturated carbocycles. The summed E-state index contributed by atoms with van der Waals surface area (Å²) in [6.45, 7) is 5.02. The number of aromatic carboxylic acids is 1. The van der Waals surface area contributed by atoms with Crippen molar-refractivity contribution in [1.29, 1.82) is 0 Å². The van der Waals surface area contributed by atoms with E-state index < -0.39 is 16.0 Å². The van der Waals surface area contributed by atoms with Gasteiger partial charge in [-0.05, 0) is 24.3 Å². The lowest BCUT2D eigenvalue weighted by Crippen LogP contribution is -2.42. The summed E-state index contributed by atoms with van der Waals surface area (Å²) < 4.78 is 26.3. The van der Waals surface area contributed by atoms with Crippen LogP contribution in [0.4, 0.5) is 0 Å². The normalized spacial score (nSPS) is 25.4. The van der Waals surface area contributed by atoms with E-state index in [0.29, 0.717) is 24.9 Å². The Bertz CT molecular complexity index is 568. The Balaban J connectivity index is 2.28. The molecule has 6 nitrogen and oxygen atoms in total. The molecule has 1 fully saturated rings. The molecule has 19 heavy (non-hydrogen) atoms. The van der Waals surface area contributed by atoms with Crippen molar-refractivity contribution in [2.75, 3.05) is 13.1 Å². The molecule has 1 saturated heterocycles. The van der Waals surface area contributed by atoms with Gasteiger partial charge in [0, 0.05) is 19.3 Å². The Morgan fingerprint density at radius 3 is 2.42 bits per heavy atom. The Morgan fingerprint density at radius 1 is 1.37 bits per heavy atom. The summed E-state index contributed by atoms with van der Waals surface area (Å²) in [6.07, 6.45) is 2.25. The van der Waals surface area contributed by atoms with E-state index in [-0.39, 0.29) is 10.6 Å². The van der Waals surface area contributed by atoms with Crippen molar-refractivity contribution in [2.45, 2.75) is 25.2 Å². The highest BCUT2D eigenvalue weighted by molar-refractivity contribution is 7.89. The van der Waals surface area contributed by atoms with Gasteiger partial charge in [-0.15, -0.1) is 0 Å². The smallest absolute Gasteiger partial charge is 0.352 e. The molecule has 2 N–H and O–H groups in total. The first-order valence-corrected chi connectivity index (χ1v) is 7.66. The fourth-order valence-electron chi connectivity index (χ4n) is 2.60. The van der Waals surface area contributed by atoms with Crippen LogP contribution in [-0.2, 0) is 10.0 Å². The Morgan fingerprint density at radius 2 is 1.95 bits per heavy atom. The number of sulfonamides is 1. The van der Waals surface area contributed by atoms with Gasteiger partial charge in [-0.2, -0.15) is 4.31 Å². The van der Waals surface area contributed by atoms with E-state index in [1.807, 2.05) is 13.8 Å². The molecule has 0 amide bonds. The van der Waals surface area contributed by atoms with Gasteiger partial charge >= 0.3 is 5.97 Å². The minimum Gasteiger partial charge on any atom is -0.477 e. The van der Waals surface area contributed by atoms with Crippen LogP contribution in [0.1, 0.15) is 30.8 Å². The third-order valence-corrected chi connectivity index (χ3v) is 5.17. The van der Waals surface area contributed by atoms with Crippen LogP contribution in [0.15, 0.2) is 17.2 Å². The van der Waals surface area contributed by atoms with Crippen LogP contribution in [0.3, 0.4) is 0 Å². The zero-order chi connectivity index (χ0) is 14.2. The van der Waals surface area contributed by atoms with Gasteiger partial charge in [0.15, 0.2) is 0 Å². The minimum atomic E-state index is -3.60. The summed E-state index contributed by atoms with van der Waals surface area (Å²) in [4.78, 5) is 13.3. The number of aromatic nitrogens is 1. The molecule has 106 valence electrons. The van der Waals surface area contributed by atoms with Crippen LogP contribution in [0.25, 0.3) is 0 Å². The third kappa shape index (κ3) is 2.82. The highest BCUT2D eigenvalue weighted by atomic mass is 32.2. The number of hydrogen-bond donors (Lipinski definition) is 2. The van der Waals surface area contributed by atoms with Gasteiger partial charge in [-0.25, -0.2) is 13.2 Å². The van der Waals surface area contributed by atoms with Crippen LogP contribution < -0.4 is 0 Å². The van der Waals surface area contributed by atoms with E-state index >= 15 is 0 Å². The first-order valence-electron chi connectivity index (χ1n) is 6.22. The molecule has 0 bridgehead atoms. The Hall–Kier alpha value is -1.34. The third-order valence-electron chi connectivity index (χ3n) is 3.36. The number of carbonyl (C=O) groups is 1. The molecular weight excluding hydrogens is 268 g/mol. The van der Waals surface area contributed by atoms with Crippen LogP contribution in [0, 0.1) is 11.8 Å². The van der Waals surface area contributed by atoms with Crippen LogP contribution in [0.5, 0.6) is 0 Å². The van der Waals surface area contributed by atoms with Gasteiger partial charge in [-0.1, -0.05) is 13.8 Å². The lowest BCUT2D eigenvalue weighted by Gasteiger charge is -2.33. The van der Waals surface area contributed by atoms with E-state index in [1.54, 1.807) is 0 Å². The number of H-pyrrole nitrogens is 1. The van der Waals surface area contributed by atoms with Crippen molar-refractivity contribution < 1.29 is 18.3 Å². The maximum atomic E-state index is 12.4. The second kappa shape index (κ2) is 4.97. The molecule has 0 radical (unpaired) electrons. The summed E-state index contributed by atoms with van der Waals surface area (Å²) in [6, 6.07) is 1.17. The van der Waals surface area contributed by atoms with Crippen molar-refractivity contribution >= 4 is 16.0 Å². The summed E-state index contributed by atoms with van der Waals surface area (Å²) in [5.74, 6) is -0.533. The largest absolute Gasteiger partial charge is 0.477 e. The van der Waals surface area contributed by atoms with Crippen molar-refractivity contribution in [3.05, 3.63) is 18.0 Å². The zero-order valence-corrected chi connectivity index (χ0v) is 11.8. The van der Waals surface area contributed by atoms with Crippen molar-refractivity contribution in [2.24, 2.45) is 11.8 Å². The van der Waals surface area contributed by atoms with Crippen molar-refractivity contribution in [1.82, 2.24) is 9.29 Å². The molecule has 7 heteroatoms. The molecule has 1 aromatic heterocycles. The number of hydrogen-bond acceptors (Lipinski definition) is 3. The van der Waals surface area contributed by atoms with E-state index in [4.69, 9.17) is 5.11 Å². The molecule has 0 spiro atoms. The van der Waals surface area contributed by atoms with Crippen LogP contribution >= 0.6 is 0 Å². The average molecular weight is 286 g/mol. The van der Waals surface area contributed by atoms with Gasteiger partial charge < -0.3 is 10.1 Å². The first-order chi connectivity index (χ1) is 8.80. The van der Waals surface area contributed by atoms with E-state index in [0.717, 1.165) is 6.42 Å². The lowest BCUT2D eigenvalue weighted by molar-refractivity contribution is 0.0691. The van der Waals surface area contributed by atoms with E-state index in [9.17, 15) is 13.2 Å². The number of nitrogens with one attached hydrogen (secondary N) is 1. The van der Waals surface area contributed by atoms with Crippen LogP contribution in [-0.4, -0.2) is 41.9 Å². The number of carboxylic acids is 1. The molecule has 1 aliphatic heterocycles. The predicted molar refractivity (Wildman–Crippen MR) is 69.5 cm³/mol. The molecule has 1 aliphatic rings. The highest BCUT2D eigenvalue weighted by Gasteiger charge is 2.32. The first kappa shape index (κ1) is 14.1. The fourth-order valence-corrected chi connectivity index (χ4v) is 4.27. The van der Waals surface area contributed by atoms with Gasteiger partial charge in [0.2, 0.25) is 10.0 Å². The average Bonchev–Trinajstić information content (AvgIpc) is 2.77. The molecule has 2 rings (SSSR count). The van der Waals surface area contributed by atoms with E-state index in [1.165, 1.54) is 16.6 Å². The van der Waals surface area contributed by atoms with Crippen LogP contribution in [0.2, 0.25) is 0 Å². The van der Waals surface area contributed by atoms with Gasteiger partial charge in [0.1, 0.15) is 10.6 Å². The summed E-state index contributed by atoms with van der Waals surface area (Å²) in [5, 5.41) is 8.82. The lowest BCUT2D eigenvalue weighted by atomic mass is 9.94. The number of piperidine rings is 1. The Kier molecular flexibility index (Phi) is 3.69. The number of carboxylic acid groups (broad SMARTS) is 1. The fraction of sp³-hybridized carbons (Fsp3) is 0.583. The standard InChI is InChI=1S/C12H18N2O4S/c1-8-3-9(2)7-14(6-8)19(17,18)10-4-11(12(15)16)13-5-10/h4-5,8-9,13H,3,6-7H2,1-2H3,(H,15,16). The zero-order valence-electron chi connectivity index (χ0n) is 11.0. The maximum Gasteiger partial charge on any atom is 0.352 e. The van der Waals surface area contributed by atoms with Gasteiger partial charge in [-0.3, -0.25) is 0 Å². The highest BCUT2D eigenvalue weighted by Crippen LogP contribution is 2.26. The van der Waals surface area contributed by atoms with Gasteiger partial charge in [0.05, 0.1) is 0 Å². The van der Waals surface area contributed by atoms with E-state index in [2.05, 4.69) is 4.98 Å². The molecule has 2 unspecified atom stereocenters. The number of aromatic amines is 1. The maximum absolute atomic E-state index is 12.4.